The molecule has 0 radical (unpaired) electrons. The highest BCUT2D eigenvalue weighted by Gasteiger charge is 2.20. The number of rotatable bonds is 4. The van der Waals surface area contributed by atoms with Gasteiger partial charge in [0.05, 0.1) is 6.61 Å². The predicted octanol–water partition coefficient (Wildman–Crippen LogP) is 3.17. The summed E-state index contributed by atoms with van der Waals surface area (Å²) in [4.78, 5) is 4.07. The van der Waals surface area contributed by atoms with Crippen molar-refractivity contribution < 1.29 is 4.74 Å². The first-order valence-electron chi connectivity index (χ1n) is 6.95. The van der Waals surface area contributed by atoms with Gasteiger partial charge in [0.15, 0.2) is 0 Å². The molecule has 0 unspecified atom stereocenters. The van der Waals surface area contributed by atoms with Crippen molar-refractivity contribution in [3.63, 3.8) is 0 Å². The molecule has 2 aromatic rings. The average Bonchev–Trinajstić information content (AvgIpc) is 2.53. The molecule has 0 aliphatic rings. The third-order valence-electron chi connectivity index (χ3n) is 3.20. The maximum Gasteiger partial charge on any atom is 0.234 e. The monoisotopic (exact) mass is 292 g/mol. The Morgan fingerprint density at radius 3 is 2.32 bits per heavy atom. The second kappa shape index (κ2) is 6.60. The van der Waals surface area contributed by atoms with Gasteiger partial charge in [-0.25, -0.2) is 0 Å². The number of ether oxygens (including phenoxy) is 1. The highest BCUT2D eigenvalue weighted by atomic mass is 16.5. The van der Waals surface area contributed by atoms with Crippen LogP contribution in [0, 0.1) is 29.6 Å². The van der Waals surface area contributed by atoms with Gasteiger partial charge in [-0.2, -0.15) is 15.5 Å². The number of nitrogens with zero attached hydrogens (tertiary/aromatic N) is 3. The van der Waals surface area contributed by atoms with Gasteiger partial charge in [-0.1, -0.05) is 36.8 Å². The van der Waals surface area contributed by atoms with Crippen molar-refractivity contribution >= 4 is 5.82 Å². The van der Waals surface area contributed by atoms with Crippen molar-refractivity contribution in [3.8, 4) is 29.1 Å². The van der Waals surface area contributed by atoms with Crippen LogP contribution < -0.4 is 10.5 Å². The standard InChI is InChI=1S/C17H16N4O/c1-3-8-22-17-14(10-19)15(13(9-18)16(20)21-17)12-6-4-11(2)5-7-12/h4-7H,3,8H2,1-2H3,(H2,20,21). The zero-order valence-corrected chi connectivity index (χ0v) is 12.6. The van der Waals surface area contributed by atoms with Crippen molar-refractivity contribution in [1.82, 2.24) is 4.98 Å². The number of nitrogens with two attached hydrogens (primary N) is 1. The van der Waals surface area contributed by atoms with Crippen molar-refractivity contribution in [2.24, 2.45) is 0 Å². The lowest BCUT2D eigenvalue weighted by molar-refractivity contribution is 0.305. The van der Waals surface area contributed by atoms with E-state index in [1.807, 2.05) is 44.2 Å². The van der Waals surface area contributed by atoms with E-state index in [0.717, 1.165) is 17.5 Å². The third kappa shape index (κ3) is 2.84. The third-order valence-corrected chi connectivity index (χ3v) is 3.20. The van der Waals surface area contributed by atoms with Gasteiger partial charge in [0, 0.05) is 5.56 Å². The molecule has 2 rings (SSSR count). The largest absolute Gasteiger partial charge is 0.477 e. The number of aryl methyl sites for hydroxylation is 1. The number of nitriles is 2. The topological polar surface area (TPSA) is 95.7 Å². The second-order valence-electron chi connectivity index (χ2n) is 4.87. The number of nitrogen functional groups attached to an aromatic ring is 1. The summed E-state index contributed by atoms with van der Waals surface area (Å²) in [6.07, 6.45) is 0.784. The molecule has 0 aliphatic heterocycles. The molecule has 1 aromatic heterocycles. The molecule has 2 N–H and O–H groups in total. The number of anilines is 1. The van der Waals surface area contributed by atoms with E-state index in [9.17, 15) is 10.5 Å². The molecule has 5 nitrogen and oxygen atoms in total. The van der Waals surface area contributed by atoms with Crippen LogP contribution >= 0.6 is 0 Å². The van der Waals surface area contributed by atoms with Crippen LogP contribution in [0.2, 0.25) is 0 Å². The number of hydrogen-bond acceptors (Lipinski definition) is 5. The van der Waals surface area contributed by atoms with E-state index in [0.29, 0.717) is 12.2 Å². The van der Waals surface area contributed by atoms with Crippen LogP contribution in [-0.4, -0.2) is 11.6 Å². The van der Waals surface area contributed by atoms with Crippen molar-refractivity contribution in [3.05, 3.63) is 41.0 Å². The first-order valence-corrected chi connectivity index (χ1v) is 6.95. The quantitative estimate of drug-likeness (QED) is 0.933. The van der Waals surface area contributed by atoms with E-state index in [1.54, 1.807) is 0 Å². The highest BCUT2D eigenvalue weighted by molar-refractivity contribution is 5.82. The van der Waals surface area contributed by atoms with Gasteiger partial charge in [0.1, 0.15) is 29.1 Å². The lowest BCUT2D eigenvalue weighted by atomic mass is 9.96. The van der Waals surface area contributed by atoms with Crippen molar-refractivity contribution in [2.45, 2.75) is 20.3 Å². The van der Waals surface area contributed by atoms with E-state index in [1.165, 1.54) is 0 Å². The summed E-state index contributed by atoms with van der Waals surface area (Å²) < 4.78 is 5.52. The van der Waals surface area contributed by atoms with Crippen molar-refractivity contribution in [1.29, 1.82) is 10.5 Å². The average molecular weight is 292 g/mol. The fraction of sp³-hybridized carbons (Fsp3) is 0.235. The fourth-order valence-corrected chi connectivity index (χ4v) is 2.11. The first-order chi connectivity index (χ1) is 10.6. The Balaban J connectivity index is 2.73. The van der Waals surface area contributed by atoms with Crippen molar-refractivity contribution in [2.75, 3.05) is 12.3 Å². The Morgan fingerprint density at radius 1 is 1.14 bits per heavy atom. The van der Waals surface area contributed by atoms with Crippen LogP contribution in [0.25, 0.3) is 11.1 Å². The molecule has 0 atom stereocenters. The Morgan fingerprint density at radius 2 is 1.77 bits per heavy atom. The van der Waals surface area contributed by atoms with Crippen LogP contribution in [0.4, 0.5) is 5.82 Å². The fourth-order valence-electron chi connectivity index (χ4n) is 2.11. The summed E-state index contributed by atoms with van der Waals surface area (Å²) in [5.41, 5.74) is 8.62. The van der Waals surface area contributed by atoms with Crippen LogP contribution in [0.1, 0.15) is 30.0 Å². The predicted molar refractivity (Wildman–Crippen MR) is 84.0 cm³/mol. The Labute approximate surface area is 129 Å². The minimum absolute atomic E-state index is 0.0724. The van der Waals surface area contributed by atoms with Crippen LogP contribution in [0.5, 0.6) is 5.88 Å². The molecule has 1 heterocycles. The molecule has 22 heavy (non-hydrogen) atoms. The van der Waals surface area contributed by atoms with Gasteiger partial charge in [0.2, 0.25) is 5.88 Å². The van der Waals surface area contributed by atoms with E-state index in [2.05, 4.69) is 11.1 Å². The van der Waals surface area contributed by atoms with E-state index in [-0.39, 0.29) is 22.8 Å². The molecule has 0 bridgehead atoms. The molecule has 0 fully saturated rings. The maximum absolute atomic E-state index is 9.51. The van der Waals surface area contributed by atoms with Gasteiger partial charge in [-0.15, -0.1) is 0 Å². The van der Waals surface area contributed by atoms with Crippen LogP contribution in [0.15, 0.2) is 24.3 Å². The molecule has 0 aliphatic carbocycles. The molecule has 0 spiro atoms. The number of pyridine rings is 1. The molecule has 110 valence electrons. The summed E-state index contributed by atoms with van der Waals surface area (Å²) in [5.74, 6) is 0.250. The zero-order valence-electron chi connectivity index (χ0n) is 12.6. The van der Waals surface area contributed by atoms with Crippen LogP contribution in [-0.2, 0) is 0 Å². The molecular weight excluding hydrogens is 276 g/mol. The number of benzene rings is 1. The molecule has 5 heteroatoms. The Hall–Kier alpha value is -3.05. The number of aromatic nitrogens is 1. The minimum atomic E-state index is 0.0724. The van der Waals surface area contributed by atoms with E-state index < -0.39 is 0 Å². The maximum atomic E-state index is 9.51. The Kier molecular flexibility index (Phi) is 4.60. The number of hydrogen-bond donors (Lipinski definition) is 1. The highest BCUT2D eigenvalue weighted by Crippen LogP contribution is 2.35. The molecule has 0 amide bonds. The normalized spacial score (nSPS) is 9.82. The van der Waals surface area contributed by atoms with Gasteiger partial charge in [-0.05, 0) is 18.9 Å². The summed E-state index contributed by atoms with van der Waals surface area (Å²) in [7, 11) is 0. The van der Waals surface area contributed by atoms with Gasteiger partial charge < -0.3 is 10.5 Å². The summed E-state index contributed by atoms with van der Waals surface area (Å²) >= 11 is 0. The van der Waals surface area contributed by atoms with Gasteiger partial charge in [-0.3, -0.25) is 0 Å². The van der Waals surface area contributed by atoms with E-state index >= 15 is 0 Å². The summed E-state index contributed by atoms with van der Waals surface area (Å²) in [6.45, 7) is 4.36. The summed E-state index contributed by atoms with van der Waals surface area (Å²) in [5, 5.41) is 18.9. The zero-order chi connectivity index (χ0) is 16.1. The lowest BCUT2D eigenvalue weighted by Gasteiger charge is -2.13. The lowest BCUT2D eigenvalue weighted by Crippen LogP contribution is -2.06. The molecular formula is C17H16N4O. The van der Waals surface area contributed by atoms with Crippen LogP contribution in [0.3, 0.4) is 0 Å². The SMILES string of the molecule is CCCOc1nc(N)c(C#N)c(-c2ccc(C)cc2)c1C#N. The van der Waals surface area contributed by atoms with Gasteiger partial charge in [0.25, 0.3) is 0 Å². The Bertz CT molecular complexity index is 767. The smallest absolute Gasteiger partial charge is 0.234 e. The van der Waals surface area contributed by atoms with E-state index in [4.69, 9.17) is 10.5 Å². The molecule has 1 aromatic carbocycles. The first kappa shape index (κ1) is 15.3. The second-order valence-corrected chi connectivity index (χ2v) is 4.87. The summed E-state index contributed by atoms with van der Waals surface area (Å²) in [6, 6.07) is 11.7. The van der Waals surface area contributed by atoms with Gasteiger partial charge >= 0.3 is 0 Å². The molecule has 0 saturated heterocycles. The molecule has 0 saturated carbocycles. The minimum Gasteiger partial charge on any atom is -0.477 e.